The lowest BCUT2D eigenvalue weighted by Crippen LogP contribution is -2.15. The number of sulfonamides is 1. The number of nitrogens with zero attached hydrogens (tertiary/aromatic N) is 1. The van der Waals surface area contributed by atoms with E-state index in [1.807, 2.05) is 54.6 Å². The molecule has 0 radical (unpaired) electrons. The van der Waals surface area contributed by atoms with Crippen LogP contribution in [-0.4, -0.2) is 20.7 Å². The first-order valence-electron chi connectivity index (χ1n) is 9.85. The zero-order valence-electron chi connectivity index (χ0n) is 16.2. The van der Waals surface area contributed by atoms with E-state index in [1.165, 1.54) is 5.56 Å². The van der Waals surface area contributed by atoms with Gasteiger partial charge < -0.3 is 0 Å². The van der Waals surface area contributed by atoms with Crippen molar-refractivity contribution in [3.8, 4) is 0 Å². The van der Waals surface area contributed by atoms with Gasteiger partial charge in [-0.25, -0.2) is 8.42 Å². The molecule has 1 heterocycles. The predicted molar refractivity (Wildman–Crippen MR) is 122 cm³/mol. The van der Waals surface area contributed by atoms with Crippen molar-refractivity contribution < 1.29 is 8.42 Å². The highest BCUT2D eigenvalue weighted by molar-refractivity contribution is 7.92. The number of rotatable bonds is 4. The molecule has 0 spiro atoms. The van der Waals surface area contributed by atoms with E-state index in [1.54, 1.807) is 24.3 Å². The van der Waals surface area contributed by atoms with Crippen LogP contribution < -0.4 is 4.72 Å². The summed E-state index contributed by atoms with van der Waals surface area (Å²) < 4.78 is 28.4. The van der Waals surface area contributed by atoms with Crippen molar-refractivity contribution in [3.05, 3.63) is 108 Å². The van der Waals surface area contributed by atoms with Crippen molar-refractivity contribution in [3.63, 3.8) is 0 Å². The Hall–Kier alpha value is -3.44. The fourth-order valence-electron chi connectivity index (χ4n) is 3.83. The molecule has 0 fully saturated rings. The molecule has 0 atom stereocenters. The molecule has 5 heteroatoms. The highest BCUT2D eigenvalue weighted by Crippen LogP contribution is 2.24. The summed E-state index contributed by atoms with van der Waals surface area (Å²) in [7, 11) is -3.67. The summed E-state index contributed by atoms with van der Waals surface area (Å²) in [5, 5.41) is 1.90. The first kappa shape index (κ1) is 18.6. The molecule has 0 bridgehead atoms. The van der Waals surface area contributed by atoms with E-state index in [9.17, 15) is 8.42 Å². The summed E-state index contributed by atoms with van der Waals surface area (Å²) in [4.78, 5) is 4.95. The third kappa shape index (κ3) is 3.48. The third-order valence-corrected chi connectivity index (χ3v) is 6.74. The van der Waals surface area contributed by atoms with Crippen LogP contribution in [0.25, 0.3) is 10.8 Å². The standard InChI is InChI=1S/C25H20N2O2S/c28-30(29,23-14-11-18-5-1-2-7-21(18)17-23)27-22-12-9-20(10-13-22)25-24-8-4-3-6-19(24)15-16-26-25/h1-14,17,27H,15-16H2. The lowest BCUT2D eigenvalue weighted by atomic mass is 9.93. The average molecular weight is 413 g/mol. The predicted octanol–water partition coefficient (Wildman–Crippen LogP) is 5.03. The van der Waals surface area contributed by atoms with E-state index in [4.69, 9.17) is 4.99 Å². The number of hydrogen-bond acceptors (Lipinski definition) is 3. The normalized spacial score (nSPS) is 13.5. The van der Waals surface area contributed by atoms with E-state index in [0.29, 0.717) is 5.69 Å². The molecule has 30 heavy (non-hydrogen) atoms. The quantitative estimate of drug-likeness (QED) is 0.511. The molecular formula is C25H20N2O2S. The Balaban J connectivity index is 1.41. The Labute approximate surface area is 176 Å². The van der Waals surface area contributed by atoms with Gasteiger partial charge in [0.1, 0.15) is 0 Å². The van der Waals surface area contributed by atoms with Crippen LogP contribution in [0.3, 0.4) is 0 Å². The molecule has 0 amide bonds. The van der Waals surface area contributed by atoms with E-state index in [2.05, 4.69) is 16.9 Å². The van der Waals surface area contributed by atoms with Crippen molar-refractivity contribution in [2.24, 2.45) is 4.99 Å². The van der Waals surface area contributed by atoms with E-state index >= 15 is 0 Å². The van der Waals surface area contributed by atoms with Gasteiger partial charge in [0.25, 0.3) is 10.0 Å². The smallest absolute Gasteiger partial charge is 0.261 e. The first-order valence-corrected chi connectivity index (χ1v) is 11.3. The number of anilines is 1. The van der Waals surface area contributed by atoms with E-state index in [0.717, 1.165) is 40.6 Å². The van der Waals surface area contributed by atoms with Crippen LogP contribution in [0.4, 0.5) is 5.69 Å². The molecule has 1 aliphatic rings. The van der Waals surface area contributed by atoms with Gasteiger partial charge in [0.05, 0.1) is 10.6 Å². The number of hydrogen-bond donors (Lipinski definition) is 1. The fourth-order valence-corrected chi connectivity index (χ4v) is 4.93. The Morgan fingerprint density at radius 2 is 1.50 bits per heavy atom. The Morgan fingerprint density at radius 1 is 0.767 bits per heavy atom. The minimum atomic E-state index is -3.67. The molecule has 1 aliphatic heterocycles. The molecule has 4 aromatic rings. The lowest BCUT2D eigenvalue weighted by molar-refractivity contribution is 0.601. The summed E-state index contributed by atoms with van der Waals surface area (Å²) >= 11 is 0. The Bertz CT molecular complexity index is 1370. The number of aliphatic imine (C=N–C) groups is 1. The van der Waals surface area contributed by atoms with Crippen LogP contribution >= 0.6 is 0 Å². The molecule has 4 aromatic carbocycles. The monoisotopic (exact) mass is 412 g/mol. The zero-order valence-corrected chi connectivity index (χ0v) is 17.1. The SMILES string of the molecule is O=S(=O)(Nc1ccc(C2=NCCc3ccccc32)cc1)c1ccc2ccccc2c1. The summed E-state index contributed by atoms with van der Waals surface area (Å²) in [6.07, 6.45) is 0.948. The molecule has 5 rings (SSSR count). The van der Waals surface area contributed by atoms with Gasteiger partial charge in [0.15, 0.2) is 0 Å². The van der Waals surface area contributed by atoms with Gasteiger partial charge >= 0.3 is 0 Å². The molecule has 148 valence electrons. The van der Waals surface area contributed by atoms with Crippen LogP contribution in [0.5, 0.6) is 0 Å². The molecule has 4 nitrogen and oxygen atoms in total. The van der Waals surface area contributed by atoms with Gasteiger partial charge in [-0.1, -0.05) is 66.7 Å². The maximum atomic E-state index is 12.9. The van der Waals surface area contributed by atoms with Crippen molar-refractivity contribution in [1.82, 2.24) is 0 Å². The van der Waals surface area contributed by atoms with Gasteiger partial charge in [-0.05, 0) is 47.0 Å². The largest absolute Gasteiger partial charge is 0.284 e. The molecule has 0 saturated heterocycles. The van der Waals surface area contributed by atoms with E-state index < -0.39 is 10.0 Å². The molecule has 1 N–H and O–H groups in total. The summed E-state index contributed by atoms with van der Waals surface area (Å²) in [5.41, 5.74) is 4.91. The van der Waals surface area contributed by atoms with Crippen LogP contribution in [0.2, 0.25) is 0 Å². The van der Waals surface area contributed by atoms with Crippen LogP contribution in [0.1, 0.15) is 16.7 Å². The molecule has 0 aromatic heterocycles. The minimum absolute atomic E-state index is 0.246. The third-order valence-electron chi connectivity index (χ3n) is 5.37. The number of nitrogens with one attached hydrogen (secondary N) is 1. The van der Waals surface area contributed by atoms with Crippen molar-refractivity contribution in [1.29, 1.82) is 0 Å². The Morgan fingerprint density at radius 3 is 2.33 bits per heavy atom. The van der Waals surface area contributed by atoms with Gasteiger partial charge in [0, 0.05) is 23.4 Å². The highest BCUT2D eigenvalue weighted by Gasteiger charge is 2.17. The van der Waals surface area contributed by atoms with Gasteiger partial charge in [-0.3, -0.25) is 9.71 Å². The first-order chi connectivity index (χ1) is 14.6. The molecular weight excluding hydrogens is 392 g/mol. The maximum Gasteiger partial charge on any atom is 0.261 e. The topological polar surface area (TPSA) is 58.5 Å². The zero-order chi connectivity index (χ0) is 20.6. The molecule has 0 aliphatic carbocycles. The lowest BCUT2D eigenvalue weighted by Gasteiger charge is -2.17. The fraction of sp³-hybridized carbons (Fsp3) is 0.0800. The second-order valence-electron chi connectivity index (χ2n) is 7.33. The van der Waals surface area contributed by atoms with Gasteiger partial charge in [-0.2, -0.15) is 0 Å². The number of benzene rings is 4. The molecule has 0 unspecified atom stereocenters. The summed E-state index contributed by atoms with van der Waals surface area (Å²) in [5.74, 6) is 0. The second-order valence-corrected chi connectivity index (χ2v) is 9.01. The van der Waals surface area contributed by atoms with Crippen molar-refractivity contribution >= 4 is 32.2 Å². The number of fused-ring (bicyclic) bond motifs is 2. The summed E-state index contributed by atoms with van der Waals surface area (Å²) in [6, 6.07) is 28.5. The maximum absolute atomic E-state index is 12.9. The Kier molecular flexibility index (Phi) is 4.60. The summed E-state index contributed by atoms with van der Waals surface area (Å²) in [6.45, 7) is 0.767. The van der Waals surface area contributed by atoms with Crippen LogP contribution in [0.15, 0.2) is 101 Å². The van der Waals surface area contributed by atoms with Crippen LogP contribution in [0, 0.1) is 0 Å². The average Bonchev–Trinajstić information content (AvgIpc) is 2.79. The van der Waals surface area contributed by atoms with Crippen molar-refractivity contribution in [2.45, 2.75) is 11.3 Å². The van der Waals surface area contributed by atoms with Crippen LogP contribution in [-0.2, 0) is 16.4 Å². The van der Waals surface area contributed by atoms with Crippen molar-refractivity contribution in [2.75, 3.05) is 11.3 Å². The molecule has 0 saturated carbocycles. The van der Waals surface area contributed by atoms with E-state index in [-0.39, 0.29) is 4.90 Å². The minimum Gasteiger partial charge on any atom is -0.284 e. The van der Waals surface area contributed by atoms with Gasteiger partial charge in [0.2, 0.25) is 0 Å². The second kappa shape index (κ2) is 7.43. The van der Waals surface area contributed by atoms with Gasteiger partial charge in [-0.15, -0.1) is 0 Å². The highest BCUT2D eigenvalue weighted by atomic mass is 32.2.